The van der Waals surface area contributed by atoms with Gasteiger partial charge in [0.1, 0.15) is 0 Å². The number of benzene rings is 1. The van der Waals surface area contributed by atoms with Crippen LogP contribution in [-0.2, 0) is 0 Å². The average molecular weight is 334 g/mol. The van der Waals surface area contributed by atoms with E-state index in [1.54, 1.807) is 6.20 Å². The van der Waals surface area contributed by atoms with Crippen molar-refractivity contribution in [1.82, 2.24) is 19.7 Å². The molecule has 0 saturated carbocycles. The van der Waals surface area contributed by atoms with Crippen LogP contribution in [0.1, 0.15) is 42.2 Å². The molecule has 0 N–H and O–H groups in total. The number of hydrogen-bond donors (Lipinski definition) is 0. The van der Waals surface area contributed by atoms with Crippen molar-refractivity contribution in [1.29, 1.82) is 0 Å². The van der Waals surface area contributed by atoms with Crippen molar-refractivity contribution in [3.05, 3.63) is 47.7 Å². The van der Waals surface area contributed by atoms with Crippen molar-refractivity contribution < 1.29 is 4.79 Å². The Morgan fingerprint density at radius 3 is 2.60 bits per heavy atom. The fourth-order valence-electron chi connectivity index (χ4n) is 3.26. The largest absolute Gasteiger partial charge is 0.338 e. The fourth-order valence-corrected chi connectivity index (χ4v) is 3.26. The fraction of sp³-hybridized carbons (Fsp3) is 0.350. The molecule has 5 nitrogen and oxygen atoms in total. The molecule has 1 amide bonds. The molecule has 25 heavy (non-hydrogen) atoms. The van der Waals surface area contributed by atoms with E-state index in [0.29, 0.717) is 5.56 Å². The van der Waals surface area contributed by atoms with Crippen LogP contribution in [0.2, 0.25) is 0 Å². The maximum atomic E-state index is 12.9. The van der Waals surface area contributed by atoms with E-state index in [4.69, 9.17) is 4.98 Å². The Hall–Kier alpha value is -2.69. The molecule has 0 radical (unpaired) electrons. The van der Waals surface area contributed by atoms with Crippen LogP contribution in [-0.4, -0.2) is 38.7 Å². The lowest BCUT2D eigenvalue weighted by Crippen LogP contribution is -2.42. The van der Waals surface area contributed by atoms with Gasteiger partial charge in [-0.15, -0.1) is 0 Å². The summed E-state index contributed by atoms with van der Waals surface area (Å²) in [4.78, 5) is 19.7. The second kappa shape index (κ2) is 5.99. The standard InChI is InChI=1S/C20H22N4O/c1-13(2)24-19-17(12-21-24)16(20(25)23-9-6-10-23)11-18(22-19)15-8-5-4-7-14(15)3/h4-5,7-8,11-13H,6,9-10H2,1-3H3. The molecular formula is C20H22N4O. The van der Waals surface area contributed by atoms with Crippen molar-refractivity contribution in [2.45, 2.75) is 33.2 Å². The highest BCUT2D eigenvalue weighted by Crippen LogP contribution is 2.29. The summed E-state index contributed by atoms with van der Waals surface area (Å²) in [6.45, 7) is 7.89. The van der Waals surface area contributed by atoms with E-state index < -0.39 is 0 Å². The van der Waals surface area contributed by atoms with Crippen LogP contribution in [0.3, 0.4) is 0 Å². The Bertz CT molecular complexity index is 953. The molecule has 5 heteroatoms. The second-order valence-corrected chi connectivity index (χ2v) is 6.94. The molecule has 0 unspecified atom stereocenters. The van der Waals surface area contributed by atoms with Gasteiger partial charge in [0.15, 0.2) is 5.65 Å². The first-order valence-corrected chi connectivity index (χ1v) is 8.80. The maximum absolute atomic E-state index is 12.9. The molecule has 1 fully saturated rings. The molecule has 4 rings (SSSR count). The molecule has 1 aromatic carbocycles. The Kier molecular flexibility index (Phi) is 3.79. The molecule has 2 aromatic heterocycles. The number of hydrogen-bond acceptors (Lipinski definition) is 3. The molecule has 1 aliphatic heterocycles. The monoisotopic (exact) mass is 334 g/mol. The molecule has 3 heterocycles. The maximum Gasteiger partial charge on any atom is 0.254 e. The number of rotatable bonds is 3. The molecule has 1 saturated heterocycles. The van der Waals surface area contributed by atoms with Gasteiger partial charge in [0.25, 0.3) is 5.91 Å². The van der Waals surface area contributed by atoms with E-state index in [-0.39, 0.29) is 11.9 Å². The van der Waals surface area contributed by atoms with Crippen molar-refractivity contribution in [3.8, 4) is 11.3 Å². The van der Waals surface area contributed by atoms with E-state index in [1.807, 2.05) is 27.8 Å². The van der Waals surface area contributed by atoms with Gasteiger partial charge < -0.3 is 4.90 Å². The van der Waals surface area contributed by atoms with Gasteiger partial charge in [-0.25, -0.2) is 9.67 Å². The highest BCUT2D eigenvalue weighted by Gasteiger charge is 2.26. The molecule has 128 valence electrons. The Morgan fingerprint density at radius 1 is 1.20 bits per heavy atom. The summed E-state index contributed by atoms with van der Waals surface area (Å²) in [6, 6.07) is 10.3. The Labute approximate surface area is 147 Å². The van der Waals surface area contributed by atoms with Crippen molar-refractivity contribution in [2.24, 2.45) is 0 Å². The summed E-state index contributed by atoms with van der Waals surface area (Å²) < 4.78 is 1.89. The van der Waals surface area contributed by atoms with E-state index in [1.165, 1.54) is 0 Å². The van der Waals surface area contributed by atoms with Crippen LogP contribution >= 0.6 is 0 Å². The van der Waals surface area contributed by atoms with Crippen molar-refractivity contribution >= 4 is 16.9 Å². The van der Waals surface area contributed by atoms with Crippen LogP contribution in [0.15, 0.2) is 36.5 Å². The number of likely N-dealkylation sites (tertiary alicyclic amines) is 1. The minimum atomic E-state index is 0.0804. The smallest absolute Gasteiger partial charge is 0.254 e. The zero-order valence-electron chi connectivity index (χ0n) is 14.9. The van der Waals surface area contributed by atoms with Gasteiger partial charge in [-0.05, 0) is 38.8 Å². The van der Waals surface area contributed by atoms with Crippen molar-refractivity contribution in [3.63, 3.8) is 0 Å². The van der Waals surface area contributed by atoms with E-state index in [2.05, 4.69) is 38.0 Å². The van der Waals surface area contributed by atoms with Gasteiger partial charge in [0, 0.05) is 24.7 Å². The minimum Gasteiger partial charge on any atom is -0.338 e. The lowest BCUT2D eigenvalue weighted by molar-refractivity contribution is 0.0654. The number of amides is 1. The van der Waals surface area contributed by atoms with Gasteiger partial charge in [-0.3, -0.25) is 4.79 Å². The summed E-state index contributed by atoms with van der Waals surface area (Å²) in [6.07, 6.45) is 2.85. The highest BCUT2D eigenvalue weighted by molar-refractivity contribution is 6.06. The third-order valence-electron chi connectivity index (χ3n) is 4.85. The third-order valence-corrected chi connectivity index (χ3v) is 4.85. The molecule has 0 aliphatic carbocycles. The molecule has 0 spiro atoms. The van der Waals surface area contributed by atoms with Crippen molar-refractivity contribution in [2.75, 3.05) is 13.1 Å². The van der Waals surface area contributed by atoms with Gasteiger partial charge in [0.05, 0.1) is 22.8 Å². The number of aromatic nitrogens is 3. The third kappa shape index (κ3) is 2.60. The summed E-state index contributed by atoms with van der Waals surface area (Å²) >= 11 is 0. The predicted molar refractivity (Wildman–Crippen MR) is 98.6 cm³/mol. The number of carbonyl (C=O) groups excluding carboxylic acids is 1. The minimum absolute atomic E-state index is 0.0804. The molecule has 3 aromatic rings. The van der Waals surface area contributed by atoms with Gasteiger partial charge in [0.2, 0.25) is 0 Å². The first-order chi connectivity index (χ1) is 12.1. The molecule has 0 bridgehead atoms. The quantitative estimate of drug-likeness (QED) is 0.731. The lowest BCUT2D eigenvalue weighted by atomic mass is 10.0. The molecule has 0 atom stereocenters. The van der Waals surface area contributed by atoms with Gasteiger partial charge in [-0.1, -0.05) is 24.3 Å². The number of carbonyl (C=O) groups is 1. The van der Waals surface area contributed by atoms with Crippen LogP contribution in [0.4, 0.5) is 0 Å². The van der Waals surface area contributed by atoms with Crippen LogP contribution < -0.4 is 0 Å². The average Bonchev–Trinajstić information content (AvgIpc) is 2.96. The Balaban J connectivity index is 1.96. The second-order valence-electron chi connectivity index (χ2n) is 6.94. The summed E-state index contributed by atoms with van der Waals surface area (Å²) in [5, 5.41) is 5.32. The lowest BCUT2D eigenvalue weighted by Gasteiger charge is -2.31. The topological polar surface area (TPSA) is 51.0 Å². The predicted octanol–water partition coefficient (Wildman–Crippen LogP) is 3.83. The van der Waals surface area contributed by atoms with Crippen LogP contribution in [0, 0.1) is 6.92 Å². The number of nitrogens with zero attached hydrogens (tertiary/aromatic N) is 4. The van der Waals surface area contributed by atoms with E-state index in [9.17, 15) is 4.79 Å². The summed E-state index contributed by atoms with van der Waals surface area (Å²) in [5.74, 6) is 0.0804. The molecular weight excluding hydrogens is 312 g/mol. The van der Waals surface area contributed by atoms with Gasteiger partial charge in [-0.2, -0.15) is 5.10 Å². The van der Waals surface area contributed by atoms with Crippen LogP contribution in [0.5, 0.6) is 0 Å². The van der Waals surface area contributed by atoms with E-state index >= 15 is 0 Å². The number of pyridine rings is 1. The summed E-state index contributed by atoms with van der Waals surface area (Å²) in [5.41, 5.74) is 4.51. The highest BCUT2D eigenvalue weighted by atomic mass is 16.2. The summed E-state index contributed by atoms with van der Waals surface area (Å²) in [7, 11) is 0. The first-order valence-electron chi connectivity index (χ1n) is 8.80. The zero-order chi connectivity index (χ0) is 17.6. The number of aryl methyl sites for hydroxylation is 1. The molecule has 1 aliphatic rings. The first kappa shape index (κ1) is 15.8. The Morgan fingerprint density at radius 2 is 1.96 bits per heavy atom. The van der Waals surface area contributed by atoms with Crippen LogP contribution in [0.25, 0.3) is 22.3 Å². The number of fused-ring (bicyclic) bond motifs is 1. The normalized spacial score (nSPS) is 14.2. The van der Waals surface area contributed by atoms with E-state index in [0.717, 1.165) is 47.4 Å². The SMILES string of the molecule is Cc1ccccc1-c1cc(C(=O)N2CCC2)c2cnn(C(C)C)c2n1. The zero-order valence-corrected chi connectivity index (χ0v) is 14.9. The van der Waals surface area contributed by atoms with Gasteiger partial charge >= 0.3 is 0 Å².